The molecular formula is C25H39N3O2. The van der Waals surface area contributed by atoms with Crippen LogP contribution in [-0.4, -0.2) is 42.9 Å². The van der Waals surface area contributed by atoms with Crippen molar-refractivity contribution in [3.63, 3.8) is 0 Å². The summed E-state index contributed by atoms with van der Waals surface area (Å²) >= 11 is 0. The molecule has 3 rings (SSSR count). The Hall–Kier alpha value is -2.04. The van der Waals surface area contributed by atoms with Crippen molar-refractivity contribution in [2.75, 3.05) is 36.4 Å². The first-order chi connectivity index (χ1) is 14.2. The molecule has 1 saturated heterocycles. The monoisotopic (exact) mass is 413 g/mol. The van der Waals surface area contributed by atoms with E-state index in [9.17, 15) is 9.59 Å². The van der Waals surface area contributed by atoms with E-state index in [0.29, 0.717) is 12.3 Å². The van der Waals surface area contributed by atoms with Gasteiger partial charge in [-0.25, -0.2) is 0 Å². The SMILES string of the molecule is CC(CC(=O)N1CCN(c2ccc(NC(=O)C3CCCC3)cc2)CC1)CC(C)(C)C. The second kappa shape index (κ2) is 9.84. The Labute approximate surface area is 182 Å². The zero-order valence-corrected chi connectivity index (χ0v) is 19.2. The van der Waals surface area contributed by atoms with Crippen molar-refractivity contribution in [3.8, 4) is 0 Å². The third kappa shape index (κ3) is 6.48. The van der Waals surface area contributed by atoms with E-state index in [2.05, 4.69) is 50.0 Å². The van der Waals surface area contributed by atoms with Crippen LogP contribution in [-0.2, 0) is 9.59 Å². The fourth-order valence-corrected chi connectivity index (χ4v) is 4.95. The van der Waals surface area contributed by atoms with Gasteiger partial charge < -0.3 is 15.1 Å². The first kappa shape index (κ1) is 22.6. The first-order valence-electron chi connectivity index (χ1n) is 11.6. The van der Waals surface area contributed by atoms with Gasteiger partial charge in [-0.3, -0.25) is 9.59 Å². The molecule has 1 saturated carbocycles. The molecule has 0 aromatic heterocycles. The van der Waals surface area contributed by atoms with E-state index in [0.717, 1.165) is 56.8 Å². The Balaban J connectivity index is 1.45. The Morgan fingerprint density at radius 3 is 2.20 bits per heavy atom. The number of anilines is 2. The van der Waals surface area contributed by atoms with Crippen LogP contribution >= 0.6 is 0 Å². The minimum Gasteiger partial charge on any atom is -0.368 e. The van der Waals surface area contributed by atoms with Crippen LogP contribution in [0.2, 0.25) is 0 Å². The third-order valence-electron chi connectivity index (χ3n) is 6.34. The average molecular weight is 414 g/mol. The number of benzene rings is 1. The van der Waals surface area contributed by atoms with Crippen LogP contribution in [0.5, 0.6) is 0 Å². The minimum absolute atomic E-state index is 0.160. The van der Waals surface area contributed by atoms with Crippen LogP contribution in [0.15, 0.2) is 24.3 Å². The second-order valence-corrected chi connectivity index (χ2v) is 10.5. The molecule has 1 heterocycles. The molecule has 5 heteroatoms. The van der Waals surface area contributed by atoms with E-state index >= 15 is 0 Å². The summed E-state index contributed by atoms with van der Waals surface area (Å²) in [5, 5.41) is 3.06. The highest BCUT2D eigenvalue weighted by Gasteiger charge is 2.25. The van der Waals surface area contributed by atoms with E-state index in [-0.39, 0.29) is 23.1 Å². The maximum absolute atomic E-state index is 12.7. The quantitative estimate of drug-likeness (QED) is 0.720. The predicted octanol–water partition coefficient (Wildman–Crippen LogP) is 4.93. The summed E-state index contributed by atoms with van der Waals surface area (Å²) in [5.74, 6) is 1.05. The highest BCUT2D eigenvalue weighted by Crippen LogP contribution is 2.28. The molecule has 1 aromatic rings. The molecule has 1 aliphatic heterocycles. The fraction of sp³-hybridized carbons (Fsp3) is 0.680. The molecule has 30 heavy (non-hydrogen) atoms. The highest BCUT2D eigenvalue weighted by atomic mass is 16.2. The minimum atomic E-state index is 0.160. The maximum atomic E-state index is 12.7. The van der Waals surface area contributed by atoms with Gasteiger partial charge >= 0.3 is 0 Å². The Kier molecular flexibility index (Phi) is 7.43. The summed E-state index contributed by atoms with van der Waals surface area (Å²) in [7, 11) is 0. The van der Waals surface area contributed by atoms with Gasteiger partial charge in [0.25, 0.3) is 0 Å². The summed E-state index contributed by atoms with van der Waals surface area (Å²) in [4.78, 5) is 29.3. The van der Waals surface area contributed by atoms with Crippen molar-refractivity contribution in [3.05, 3.63) is 24.3 Å². The number of carbonyl (C=O) groups excluding carboxylic acids is 2. The molecule has 2 fully saturated rings. The van der Waals surface area contributed by atoms with E-state index < -0.39 is 0 Å². The molecule has 1 unspecified atom stereocenters. The fourth-order valence-electron chi connectivity index (χ4n) is 4.95. The zero-order chi connectivity index (χ0) is 21.7. The predicted molar refractivity (Wildman–Crippen MR) is 124 cm³/mol. The van der Waals surface area contributed by atoms with E-state index in [1.54, 1.807) is 0 Å². The standard InChI is InChI=1S/C25H39N3O2/c1-19(18-25(2,3)4)17-23(29)28-15-13-27(14-16-28)22-11-9-21(10-12-22)26-24(30)20-7-5-6-8-20/h9-12,19-20H,5-8,13-18H2,1-4H3,(H,26,30). The van der Waals surface area contributed by atoms with E-state index in [1.807, 2.05) is 17.0 Å². The summed E-state index contributed by atoms with van der Waals surface area (Å²) in [5.41, 5.74) is 2.29. The normalized spacial score (nSPS) is 19.1. The number of hydrogen-bond acceptors (Lipinski definition) is 3. The van der Waals surface area contributed by atoms with Crippen molar-refractivity contribution in [2.24, 2.45) is 17.3 Å². The molecule has 1 atom stereocenters. The van der Waals surface area contributed by atoms with Gasteiger partial charge in [-0.15, -0.1) is 0 Å². The van der Waals surface area contributed by atoms with Gasteiger partial charge in [-0.1, -0.05) is 40.5 Å². The smallest absolute Gasteiger partial charge is 0.227 e. The molecule has 0 radical (unpaired) electrons. The molecule has 1 aromatic carbocycles. The van der Waals surface area contributed by atoms with Crippen molar-refractivity contribution in [1.29, 1.82) is 0 Å². The molecule has 2 aliphatic rings. The van der Waals surface area contributed by atoms with E-state index in [4.69, 9.17) is 0 Å². The molecular weight excluding hydrogens is 374 g/mol. The number of carbonyl (C=O) groups is 2. The van der Waals surface area contributed by atoms with Gasteiger partial charge in [-0.05, 0) is 54.9 Å². The number of hydrogen-bond donors (Lipinski definition) is 1. The lowest BCUT2D eigenvalue weighted by atomic mass is 9.84. The molecule has 1 N–H and O–H groups in total. The summed E-state index contributed by atoms with van der Waals surface area (Å²) in [6.45, 7) is 12.2. The molecule has 2 amide bonds. The molecule has 1 aliphatic carbocycles. The highest BCUT2D eigenvalue weighted by molar-refractivity contribution is 5.92. The van der Waals surface area contributed by atoms with Crippen molar-refractivity contribution >= 4 is 23.2 Å². The van der Waals surface area contributed by atoms with Gasteiger partial charge in [0.15, 0.2) is 0 Å². The molecule has 0 bridgehead atoms. The number of piperazine rings is 1. The Bertz CT molecular complexity index is 709. The van der Waals surface area contributed by atoms with Gasteiger partial charge in [0, 0.05) is 49.9 Å². The Morgan fingerprint density at radius 2 is 1.63 bits per heavy atom. The number of nitrogens with one attached hydrogen (secondary N) is 1. The number of amides is 2. The van der Waals surface area contributed by atoms with Crippen LogP contribution in [0, 0.1) is 17.3 Å². The summed E-state index contributed by atoms with van der Waals surface area (Å²) in [6.07, 6.45) is 6.08. The van der Waals surface area contributed by atoms with Gasteiger partial charge in [0.05, 0.1) is 0 Å². The number of rotatable bonds is 6. The van der Waals surface area contributed by atoms with Crippen molar-refractivity contribution < 1.29 is 9.59 Å². The lowest BCUT2D eigenvalue weighted by Crippen LogP contribution is -2.49. The largest absolute Gasteiger partial charge is 0.368 e. The molecule has 0 spiro atoms. The van der Waals surface area contributed by atoms with Gasteiger partial charge in [-0.2, -0.15) is 0 Å². The zero-order valence-electron chi connectivity index (χ0n) is 19.2. The van der Waals surface area contributed by atoms with Crippen LogP contribution in [0.1, 0.15) is 66.2 Å². The van der Waals surface area contributed by atoms with Crippen molar-refractivity contribution in [2.45, 2.75) is 66.2 Å². The molecule has 5 nitrogen and oxygen atoms in total. The third-order valence-corrected chi connectivity index (χ3v) is 6.34. The van der Waals surface area contributed by atoms with Crippen molar-refractivity contribution in [1.82, 2.24) is 4.90 Å². The van der Waals surface area contributed by atoms with Gasteiger partial charge in [0.1, 0.15) is 0 Å². The maximum Gasteiger partial charge on any atom is 0.227 e. The number of nitrogens with zero attached hydrogens (tertiary/aromatic N) is 2. The second-order valence-electron chi connectivity index (χ2n) is 10.5. The lowest BCUT2D eigenvalue weighted by Gasteiger charge is -2.37. The van der Waals surface area contributed by atoms with E-state index in [1.165, 1.54) is 12.8 Å². The summed E-state index contributed by atoms with van der Waals surface area (Å²) < 4.78 is 0. The van der Waals surface area contributed by atoms with Crippen LogP contribution in [0.25, 0.3) is 0 Å². The topological polar surface area (TPSA) is 52.7 Å². The molecule has 166 valence electrons. The summed E-state index contributed by atoms with van der Waals surface area (Å²) in [6, 6.07) is 8.14. The lowest BCUT2D eigenvalue weighted by molar-refractivity contribution is -0.132. The van der Waals surface area contributed by atoms with Crippen LogP contribution in [0.3, 0.4) is 0 Å². The van der Waals surface area contributed by atoms with Crippen LogP contribution in [0.4, 0.5) is 11.4 Å². The first-order valence-corrected chi connectivity index (χ1v) is 11.6. The Morgan fingerprint density at radius 1 is 1.03 bits per heavy atom. The average Bonchev–Trinajstić information content (AvgIpc) is 3.22. The van der Waals surface area contributed by atoms with Gasteiger partial charge in [0.2, 0.25) is 11.8 Å². The van der Waals surface area contributed by atoms with Crippen LogP contribution < -0.4 is 10.2 Å².